The minimum absolute atomic E-state index is 0.236. The number of carboxylic acids is 1. The van der Waals surface area contributed by atoms with Gasteiger partial charge in [0.15, 0.2) is 0 Å². The number of amides is 1. The van der Waals surface area contributed by atoms with Crippen LogP contribution in [0, 0.1) is 11.8 Å². The van der Waals surface area contributed by atoms with Gasteiger partial charge in [-0.3, -0.25) is 9.59 Å². The number of aliphatic carboxylic acids is 1. The van der Waals surface area contributed by atoms with Gasteiger partial charge < -0.3 is 15.2 Å². The second kappa shape index (κ2) is 6.88. The average Bonchev–Trinajstić information content (AvgIpc) is 2.26. The number of esters is 1. The van der Waals surface area contributed by atoms with E-state index in [4.69, 9.17) is 9.84 Å². The lowest BCUT2D eigenvalue weighted by atomic mass is 9.95. The molecule has 98 valence electrons. The van der Waals surface area contributed by atoms with Crippen LogP contribution in [0.4, 0.5) is 0 Å². The highest BCUT2D eigenvalue weighted by Gasteiger charge is 2.28. The molecule has 3 unspecified atom stereocenters. The molecule has 0 saturated heterocycles. The van der Waals surface area contributed by atoms with Gasteiger partial charge in [0.1, 0.15) is 6.04 Å². The predicted octanol–water partition coefficient (Wildman–Crippen LogP) is 0.411. The lowest BCUT2D eigenvalue weighted by molar-refractivity contribution is -0.149. The van der Waals surface area contributed by atoms with Crippen LogP contribution in [0.15, 0.2) is 0 Å². The van der Waals surface area contributed by atoms with Crippen molar-refractivity contribution in [3.8, 4) is 0 Å². The molecule has 0 aromatic heterocycles. The van der Waals surface area contributed by atoms with Crippen LogP contribution in [0.25, 0.3) is 0 Å². The molecule has 0 saturated carbocycles. The van der Waals surface area contributed by atoms with E-state index >= 15 is 0 Å². The Labute approximate surface area is 100 Å². The van der Waals surface area contributed by atoms with E-state index in [9.17, 15) is 14.4 Å². The number of carboxylic acid groups (broad SMARTS) is 1. The van der Waals surface area contributed by atoms with Crippen molar-refractivity contribution in [3.63, 3.8) is 0 Å². The summed E-state index contributed by atoms with van der Waals surface area (Å²) in [4.78, 5) is 33.6. The molecule has 0 aromatic carbocycles. The van der Waals surface area contributed by atoms with Crippen LogP contribution in [-0.2, 0) is 19.1 Å². The van der Waals surface area contributed by atoms with Crippen LogP contribution in [0.5, 0.6) is 0 Å². The first-order valence-corrected chi connectivity index (χ1v) is 5.51. The molecular formula is C11H19NO5. The molecule has 0 aliphatic heterocycles. The quantitative estimate of drug-likeness (QED) is 0.661. The Balaban J connectivity index is 4.34. The maximum absolute atomic E-state index is 11.6. The SMILES string of the molecule is CCOC(=O)C(C)NC(=O)C(C)C(C)C(=O)O. The largest absolute Gasteiger partial charge is 0.481 e. The topological polar surface area (TPSA) is 92.7 Å². The zero-order valence-corrected chi connectivity index (χ0v) is 10.5. The third-order valence-corrected chi connectivity index (χ3v) is 2.55. The third kappa shape index (κ3) is 4.84. The fraction of sp³-hybridized carbons (Fsp3) is 0.727. The van der Waals surface area contributed by atoms with Gasteiger partial charge in [0.25, 0.3) is 0 Å². The van der Waals surface area contributed by atoms with Gasteiger partial charge in [-0.15, -0.1) is 0 Å². The van der Waals surface area contributed by atoms with Crippen LogP contribution in [-0.4, -0.2) is 35.6 Å². The highest BCUT2D eigenvalue weighted by Crippen LogP contribution is 2.11. The monoisotopic (exact) mass is 245 g/mol. The molecule has 0 radical (unpaired) electrons. The van der Waals surface area contributed by atoms with E-state index < -0.39 is 35.7 Å². The van der Waals surface area contributed by atoms with E-state index in [1.54, 1.807) is 6.92 Å². The number of rotatable bonds is 6. The van der Waals surface area contributed by atoms with Crippen molar-refractivity contribution in [1.29, 1.82) is 0 Å². The molecule has 3 atom stereocenters. The van der Waals surface area contributed by atoms with Crippen molar-refractivity contribution in [2.75, 3.05) is 6.61 Å². The minimum atomic E-state index is -1.04. The summed E-state index contributed by atoms with van der Waals surface area (Å²) < 4.78 is 4.72. The highest BCUT2D eigenvalue weighted by atomic mass is 16.5. The second-order valence-electron chi connectivity index (χ2n) is 3.90. The van der Waals surface area contributed by atoms with E-state index in [1.165, 1.54) is 20.8 Å². The maximum atomic E-state index is 11.6. The normalized spacial score (nSPS) is 15.5. The van der Waals surface area contributed by atoms with Crippen molar-refractivity contribution in [3.05, 3.63) is 0 Å². The standard InChI is InChI=1S/C11H19NO5/c1-5-17-11(16)8(4)12-9(13)6(2)7(3)10(14)15/h6-8H,5H2,1-4H3,(H,12,13)(H,14,15). The Bertz CT molecular complexity index is 302. The van der Waals surface area contributed by atoms with Crippen LogP contribution < -0.4 is 5.32 Å². The summed E-state index contributed by atoms with van der Waals surface area (Å²) in [5.41, 5.74) is 0. The molecule has 0 aliphatic carbocycles. The number of ether oxygens (including phenoxy) is 1. The number of carbonyl (C=O) groups excluding carboxylic acids is 2. The molecule has 0 fully saturated rings. The molecule has 17 heavy (non-hydrogen) atoms. The van der Waals surface area contributed by atoms with Crippen LogP contribution in [0.3, 0.4) is 0 Å². The first kappa shape index (κ1) is 15.4. The third-order valence-electron chi connectivity index (χ3n) is 2.55. The zero-order valence-electron chi connectivity index (χ0n) is 10.5. The molecule has 0 aromatic rings. The summed E-state index contributed by atoms with van der Waals surface area (Å²) in [6, 6.07) is -0.772. The summed E-state index contributed by atoms with van der Waals surface area (Å²) in [5, 5.41) is 11.2. The highest BCUT2D eigenvalue weighted by molar-refractivity contribution is 5.88. The van der Waals surface area contributed by atoms with Gasteiger partial charge in [0.2, 0.25) is 5.91 Å². The lowest BCUT2D eigenvalue weighted by Gasteiger charge is -2.18. The van der Waals surface area contributed by atoms with Crippen molar-refractivity contribution >= 4 is 17.8 Å². The molecule has 0 rings (SSSR count). The summed E-state index contributed by atoms with van der Waals surface area (Å²) in [5.74, 6) is -3.55. The van der Waals surface area contributed by atoms with Gasteiger partial charge in [0, 0.05) is 5.92 Å². The fourth-order valence-electron chi connectivity index (χ4n) is 1.11. The van der Waals surface area contributed by atoms with Crippen molar-refractivity contribution < 1.29 is 24.2 Å². The predicted molar refractivity (Wildman–Crippen MR) is 60.2 cm³/mol. The van der Waals surface area contributed by atoms with Gasteiger partial charge in [-0.1, -0.05) is 13.8 Å². The summed E-state index contributed by atoms with van der Waals surface area (Å²) in [6.07, 6.45) is 0. The molecule has 0 heterocycles. The number of carbonyl (C=O) groups is 3. The summed E-state index contributed by atoms with van der Waals surface area (Å²) >= 11 is 0. The van der Waals surface area contributed by atoms with Crippen molar-refractivity contribution in [1.82, 2.24) is 5.32 Å². The maximum Gasteiger partial charge on any atom is 0.328 e. The van der Waals surface area contributed by atoms with E-state index in [1.807, 2.05) is 0 Å². The van der Waals surface area contributed by atoms with Gasteiger partial charge >= 0.3 is 11.9 Å². The van der Waals surface area contributed by atoms with Crippen molar-refractivity contribution in [2.24, 2.45) is 11.8 Å². The Hall–Kier alpha value is -1.59. The van der Waals surface area contributed by atoms with Gasteiger partial charge in [-0.05, 0) is 13.8 Å². The number of hydrogen-bond acceptors (Lipinski definition) is 4. The first-order valence-electron chi connectivity index (χ1n) is 5.51. The van der Waals surface area contributed by atoms with E-state index in [2.05, 4.69) is 5.32 Å². The first-order chi connectivity index (χ1) is 7.81. The van der Waals surface area contributed by atoms with Crippen molar-refractivity contribution in [2.45, 2.75) is 33.7 Å². The molecule has 1 amide bonds. The molecule has 6 nitrogen and oxygen atoms in total. The van der Waals surface area contributed by atoms with Crippen LogP contribution in [0.2, 0.25) is 0 Å². The Morgan fingerprint density at radius 1 is 1.18 bits per heavy atom. The van der Waals surface area contributed by atoms with Gasteiger partial charge in [-0.25, -0.2) is 4.79 Å². The number of nitrogens with one attached hydrogen (secondary N) is 1. The van der Waals surface area contributed by atoms with Gasteiger partial charge in [-0.2, -0.15) is 0 Å². The molecule has 0 spiro atoms. The average molecular weight is 245 g/mol. The summed E-state index contributed by atoms with van der Waals surface area (Å²) in [7, 11) is 0. The Morgan fingerprint density at radius 2 is 1.71 bits per heavy atom. The van der Waals surface area contributed by atoms with E-state index in [0.29, 0.717) is 0 Å². The summed E-state index contributed by atoms with van der Waals surface area (Å²) in [6.45, 7) is 6.35. The smallest absolute Gasteiger partial charge is 0.328 e. The van der Waals surface area contributed by atoms with Gasteiger partial charge in [0.05, 0.1) is 12.5 Å². The zero-order chi connectivity index (χ0) is 13.6. The number of hydrogen-bond donors (Lipinski definition) is 2. The molecule has 0 aliphatic rings. The van der Waals surface area contributed by atoms with Crippen LogP contribution in [0.1, 0.15) is 27.7 Å². The lowest BCUT2D eigenvalue weighted by Crippen LogP contribution is -2.44. The van der Waals surface area contributed by atoms with E-state index in [0.717, 1.165) is 0 Å². The minimum Gasteiger partial charge on any atom is -0.481 e. The molecule has 6 heteroatoms. The van der Waals surface area contributed by atoms with Crippen LogP contribution >= 0.6 is 0 Å². The molecule has 0 bridgehead atoms. The Morgan fingerprint density at radius 3 is 2.12 bits per heavy atom. The Kier molecular flexibility index (Phi) is 6.23. The molecular weight excluding hydrogens is 226 g/mol. The molecule has 2 N–H and O–H groups in total. The second-order valence-corrected chi connectivity index (χ2v) is 3.90. The fourth-order valence-corrected chi connectivity index (χ4v) is 1.11. The van der Waals surface area contributed by atoms with E-state index in [-0.39, 0.29) is 6.61 Å².